The number of imidazole rings is 1. The molecule has 124 valence electrons. The van der Waals surface area contributed by atoms with Gasteiger partial charge in [0.15, 0.2) is 6.61 Å². The van der Waals surface area contributed by atoms with Crippen molar-refractivity contribution in [1.82, 2.24) is 9.55 Å². The maximum absolute atomic E-state index is 12.1. The molecule has 0 fully saturated rings. The molecule has 7 heteroatoms. The smallest absolute Gasteiger partial charge is 0.422 e. The molecular weight excluding hydrogens is 321 g/mol. The molecule has 0 spiro atoms. The third-order valence-corrected chi connectivity index (χ3v) is 3.42. The van der Waals surface area contributed by atoms with Gasteiger partial charge in [0.1, 0.15) is 0 Å². The summed E-state index contributed by atoms with van der Waals surface area (Å²) in [5.41, 5.74) is 2.43. The van der Waals surface area contributed by atoms with E-state index in [1.807, 2.05) is 34.9 Å². The van der Waals surface area contributed by atoms with Crippen molar-refractivity contribution in [2.75, 3.05) is 6.61 Å². The number of carbonyl (C=O) groups excluding carboxylic acids is 1. The predicted molar refractivity (Wildman–Crippen MR) is 81.6 cm³/mol. The Hall–Kier alpha value is -2.83. The van der Waals surface area contributed by atoms with E-state index in [1.54, 1.807) is 12.4 Å². The first-order chi connectivity index (χ1) is 11.4. The first kappa shape index (κ1) is 16.0. The van der Waals surface area contributed by atoms with E-state index in [4.69, 9.17) is 0 Å². The van der Waals surface area contributed by atoms with Crippen molar-refractivity contribution in [1.29, 1.82) is 0 Å². The lowest BCUT2D eigenvalue weighted by Gasteiger charge is -2.08. The summed E-state index contributed by atoms with van der Waals surface area (Å²) < 4.78 is 42.5. The van der Waals surface area contributed by atoms with Crippen molar-refractivity contribution in [3.63, 3.8) is 0 Å². The standard InChI is InChI=1S/C17H13F3N2O2/c18-17(19,20)10-24-16(23)13-6-7-15-14(8-13)21-11-22(15)9-12-4-2-1-3-5-12/h1-8,11H,9-10H2. The minimum Gasteiger partial charge on any atom is -0.452 e. The van der Waals surface area contributed by atoms with Gasteiger partial charge < -0.3 is 9.30 Å². The van der Waals surface area contributed by atoms with Crippen LogP contribution in [0, 0.1) is 0 Å². The van der Waals surface area contributed by atoms with Crippen molar-refractivity contribution in [3.8, 4) is 0 Å². The summed E-state index contributed by atoms with van der Waals surface area (Å²) in [7, 11) is 0. The van der Waals surface area contributed by atoms with Gasteiger partial charge in [-0.05, 0) is 23.8 Å². The molecule has 0 bridgehead atoms. The van der Waals surface area contributed by atoms with E-state index in [0.717, 1.165) is 11.1 Å². The highest BCUT2D eigenvalue weighted by molar-refractivity contribution is 5.93. The van der Waals surface area contributed by atoms with Crippen molar-refractivity contribution in [2.45, 2.75) is 12.7 Å². The number of hydrogen-bond acceptors (Lipinski definition) is 3. The van der Waals surface area contributed by atoms with Gasteiger partial charge in [0.2, 0.25) is 0 Å². The van der Waals surface area contributed by atoms with Crippen molar-refractivity contribution in [3.05, 3.63) is 66.0 Å². The van der Waals surface area contributed by atoms with Crippen LogP contribution in [0.4, 0.5) is 13.2 Å². The fraction of sp³-hybridized carbons (Fsp3) is 0.176. The van der Waals surface area contributed by atoms with Crippen molar-refractivity contribution < 1.29 is 22.7 Å². The first-order valence-corrected chi connectivity index (χ1v) is 7.15. The first-order valence-electron chi connectivity index (χ1n) is 7.15. The zero-order valence-electron chi connectivity index (χ0n) is 12.5. The molecule has 0 saturated heterocycles. The van der Waals surface area contributed by atoms with E-state index in [-0.39, 0.29) is 5.56 Å². The van der Waals surface area contributed by atoms with Crippen LogP contribution in [0.25, 0.3) is 11.0 Å². The van der Waals surface area contributed by atoms with E-state index in [2.05, 4.69) is 9.72 Å². The van der Waals surface area contributed by atoms with Crippen molar-refractivity contribution >= 4 is 17.0 Å². The normalized spacial score (nSPS) is 11.6. The highest BCUT2D eigenvalue weighted by atomic mass is 19.4. The van der Waals surface area contributed by atoms with Crippen LogP contribution >= 0.6 is 0 Å². The van der Waals surface area contributed by atoms with E-state index in [9.17, 15) is 18.0 Å². The number of hydrogen-bond donors (Lipinski definition) is 0. The molecule has 0 radical (unpaired) electrons. The average Bonchev–Trinajstić information content (AvgIpc) is 2.95. The van der Waals surface area contributed by atoms with Crippen LogP contribution in [-0.4, -0.2) is 28.3 Å². The molecule has 1 heterocycles. The lowest BCUT2D eigenvalue weighted by molar-refractivity contribution is -0.161. The molecule has 24 heavy (non-hydrogen) atoms. The molecule has 0 N–H and O–H groups in total. The summed E-state index contributed by atoms with van der Waals surface area (Å²) in [5, 5.41) is 0. The fourth-order valence-electron chi connectivity index (χ4n) is 2.33. The van der Waals surface area contributed by atoms with E-state index in [0.29, 0.717) is 12.1 Å². The zero-order chi connectivity index (χ0) is 17.2. The van der Waals surface area contributed by atoms with Gasteiger partial charge in [-0.3, -0.25) is 0 Å². The second-order valence-corrected chi connectivity index (χ2v) is 5.25. The SMILES string of the molecule is O=C(OCC(F)(F)F)c1ccc2c(c1)ncn2Cc1ccccc1. The Morgan fingerprint density at radius 3 is 2.58 bits per heavy atom. The van der Waals surface area contributed by atoms with E-state index >= 15 is 0 Å². The number of nitrogens with zero attached hydrogens (tertiary/aromatic N) is 2. The molecule has 4 nitrogen and oxygen atoms in total. The number of benzene rings is 2. The predicted octanol–water partition coefficient (Wildman–Crippen LogP) is 3.80. The Kier molecular flexibility index (Phi) is 4.24. The van der Waals surface area contributed by atoms with Crippen molar-refractivity contribution in [2.24, 2.45) is 0 Å². The van der Waals surface area contributed by atoms with Gasteiger partial charge in [-0.15, -0.1) is 0 Å². The fourth-order valence-corrected chi connectivity index (χ4v) is 2.33. The van der Waals surface area contributed by atoms with Gasteiger partial charge in [-0.25, -0.2) is 9.78 Å². The minimum absolute atomic E-state index is 0.0386. The van der Waals surface area contributed by atoms with Crippen LogP contribution in [0.5, 0.6) is 0 Å². The average molecular weight is 334 g/mol. The van der Waals surface area contributed by atoms with Crippen LogP contribution < -0.4 is 0 Å². The molecule has 1 aromatic heterocycles. The highest BCUT2D eigenvalue weighted by Gasteiger charge is 2.29. The number of fused-ring (bicyclic) bond motifs is 1. The lowest BCUT2D eigenvalue weighted by Crippen LogP contribution is -2.20. The maximum Gasteiger partial charge on any atom is 0.422 e. The Morgan fingerprint density at radius 1 is 1.12 bits per heavy atom. The van der Waals surface area contributed by atoms with Gasteiger partial charge in [0.25, 0.3) is 0 Å². The summed E-state index contributed by atoms with van der Waals surface area (Å²) in [6, 6.07) is 14.3. The third kappa shape index (κ3) is 3.73. The van der Waals surface area contributed by atoms with Crippen LogP contribution in [0.2, 0.25) is 0 Å². The summed E-state index contributed by atoms with van der Waals surface area (Å²) in [5.74, 6) is -1.02. The number of alkyl halides is 3. The zero-order valence-corrected chi connectivity index (χ0v) is 12.5. The number of esters is 1. The summed E-state index contributed by atoms with van der Waals surface area (Å²) in [4.78, 5) is 15.9. The molecule has 0 aliphatic carbocycles. The van der Waals surface area contributed by atoms with Gasteiger partial charge in [-0.2, -0.15) is 13.2 Å². The summed E-state index contributed by atoms with van der Waals surface area (Å²) in [6.45, 7) is -0.998. The molecule has 2 aromatic carbocycles. The molecule has 0 unspecified atom stereocenters. The van der Waals surface area contributed by atoms with Crippen LogP contribution in [-0.2, 0) is 11.3 Å². The van der Waals surface area contributed by atoms with Gasteiger partial charge >= 0.3 is 12.1 Å². The monoisotopic (exact) mass is 334 g/mol. The second kappa shape index (κ2) is 6.35. The molecule has 3 aromatic rings. The third-order valence-electron chi connectivity index (χ3n) is 3.42. The molecule has 0 aliphatic heterocycles. The molecule has 0 saturated carbocycles. The number of ether oxygens (including phenoxy) is 1. The quantitative estimate of drug-likeness (QED) is 0.682. The van der Waals surface area contributed by atoms with Gasteiger partial charge in [0, 0.05) is 6.54 Å². The Balaban J connectivity index is 1.79. The highest BCUT2D eigenvalue weighted by Crippen LogP contribution is 2.19. The van der Waals surface area contributed by atoms with Crippen LogP contribution in [0.15, 0.2) is 54.9 Å². The number of halogens is 3. The Labute approximate surface area is 135 Å². The Morgan fingerprint density at radius 2 is 1.88 bits per heavy atom. The van der Waals surface area contributed by atoms with Gasteiger partial charge in [0.05, 0.1) is 22.9 Å². The molecule has 0 aliphatic rings. The van der Waals surface area contributed by atoms with Gasteiger partial charge in [-0.1, -0.05) is 30.3 Å². The van der Waals surface area contributed by atoms with Crippen LogP contribution in [0.3, 0.4) is 0 Å². The molecule has 3 rings (SSSR count). The number of rotatable bonds is 4. The molecular formula is C17H13F3N2O2. The van der Waals surface area contributed by atoms with Crippen LogP contribution in [0.1, 0.15) is 15.9 Å². The maximum atomic E-state index is 12.1. The second-order valence-electron chi connectivity index (χ2n) is 5.25. The number of carbonyl (C=O) groups is 1. The van der Waals surface area contributed by atoms with E-state index < -0.39 is 18.8 Å². The lowest BCUT2D eigenvalue weighted by atomic mass is 10.2. The summed E-state index contributed by atoms with van der Waals surface area (Å²) >= 11 is 0. The topological polar surface area (TPSA) is 44.1 Å². The molecule has 0 atom stereocenters. The minimum atomic E-state index is -4.54. The summed E-state index contributed by atoms with van der Waals surface area (Å²) in [6.07, 6.45) is -2.92. The number of aromatic nitrogens is 2. The van der Waals surface area contributed by atoms with E-state index in [1.165, 1.54) is 12.1 Å². The molecule has 0 amide bonds. The Bertz CT molecular complexity index is 857. The largest absolute Gasteiger partial charge is 0.452 e.